The molecule has 30 heavy (non-hydrogen) atoms. The molecule has 0 saturated heterocycles. The molecule has 1 amide bonds. The number of aryl methyl sites for hydroxylation is 1. The van der Waals surface area contributed by atoms with Crippen LogP contribution in [0.5, 0.6) is 5.75 Å². The first-order chi connectivity index (χ1) is 14.5. The van der Waals surface area contributed by atoms with Crippen LogP contribution in [0.1, 0.15) is 22.3 Å². The average molecular weight is 400 g/mol. The van der Waals surface area contributed by atoms with Crippen molar-refractivity contribution in [3.05, 3.63) is 100 Å². The van der Waals surface area contributed by atoms with Crippen LogP contribution in [0.3, 0.4) is 0 Å². The predicted molar refractivity (Wildman–Crippen MR) is 116 cm³/mol. The van der Waals surface area contributed by atoms with Gasteiger partial charge in [-0.15, -0.1) is 0 Å². The molecule has 1 N–H and O–H groups in total. The number of nitriles is 1. The number of carbonyl (C=O) groups is 1. The second-order valence-corrected chi connectivity index (χ2v) is 6.82. The molecule has 0 fully saturated rings. The average Bonchev–Trinajstić information content (AvgIpc) is 2.75. The van der Waals surface area contributed by atoms with Gasteiger partial charge in [-0.25, -0.2) is 4.39 Å². The van der Waals surface area contributed by atoms with E-state index in [4.69, 9.17) is 4.74 Å². The zero-order chi connectivity index (χ0) is 21.5. The molecule has 0 atom stereocenters. The molecule has 0 aliphatic heterocycles. The van der Waals surface area contributed by atoms with E-state index in [1.807, 2.05) is 25.1 Å². The first-order valence-electron chi connectivity index (χ1n) is 9.40. The van der Waals surface area contributed by atoms with Crippen LogP contribution in [0.15, 0.2) is 72.3 Å². The van der Waals surface area contributed by atoms with Gasteiger partial charge in [-0.3, -0.25) is 4.79 Å². The Hall–Kier alpha value is -3.91. The summed E-state index contributed by atoms with van der Waals surface area (Å²) in [6.45, 7) is 1.95. The minimum atomic E-state index is -0.506. The molecule has 0 spiro atoms. The van der Waals surface area contributed by atoms with Gasteiger partial charge in [-0.1, -0.05) is 42.0 Å². The molecule has 3 rings (SSSR count). The lowest BCUT2D eigenvalue weighted by molar-refractivity contribution is -0.112. The lowest BCUT2D eigenvalue weighted by atomic mass is 9.97. The minimum Gasteiger partial charge on any atom is -0.497 e. The molecule has 0 radical (unpaired) electrons. The monoisotopic (exact) mass is 400 g/mol. The molecule has 0 unspecified atom stereocenters. The van der Waals surface area contributed by atoms with Crippen LogP contribution in [0.4, 0.5) is 10.1 Å². The molecule has 4 nitrogen and oxygen atoms in total. The molecule has 150 valence electrons. The maximum Gasteiger partial charge on any atom is 0.266 e. The van der Waals surface area contributed by atoms with Gasteiger partial charge in [0.1, 0.15) is 23.2 Å². The second-order valence-electron chi connectivity index (χ2n) is 6.82. The fourth-order valence-electron chi connectivity index (χ4n) is 2.99. The van der Waals surface area contributed by atoms with E-state index in [2.05, 4.69) is 5.32 Å². The lowest BCUT2D eigenvalue weighted by Gasteiger charge is -2.11. The molecular weight excluding hydrogens is 379 g/mol. The minimum absolute atomic E-state index is 0.0458. The molecule has 3 aromatic rings. The number of ether oxygens (including phenoxy) is 1. The quantitative estimate of drug-likeness (QED) is 0.452. The van der Waals surface area contributed by atoms with Gasteiger partial charge in [0.15, 0.2) is 0 Å². The van der Waals surface area contributed by atoms with Gasteiger partial charge < -0.3 is 10.1 Å². The number of amides is 1. The predicted octanol–water partition coefficient (Wildman–Crippen LogP) is 5.28. The fourth-order valence-corrected chi connectivity index (χ4v) is 2.99. The largest absolute Gasteiger partial charge is 0.497 e. The number of nitrogens with one attached hydrogen (secondary N) is 1. The van der Waals surface area contributed by atoms with Crippen LogP contribution in [-0.2, 0) is 11.2 Å². The Balaban J connectivity index is 1.93. The second kappa shape index (κ2) is 9.53. The molecule has 0 saturated carbocycles. The number of halogens is 1. The summed E-state index contributed by atoms with van der Waals surface area (Å²) in [6.07, 6.45) is 1.81. The van der Waals surface area contributed by atoms with Crippen molar-refractivity contribution >= 4 is 17.7 Å². The van der Waals surface area contributed by atoms with Crippen LogP contribution < -0.4 is 10.1 Å². The molecule has 0 aliphatic carbocycles. The Morgan fingerprint density at radius 2 is 1.83 bits per heavy atom. The summed E-state index contributed by atoms with van der Waals surface area (Å²) in [7, 11) is 1.55. The molecule has 0 aromatic heterocycles. The van der Waals surface area contributed by atoms with Crippen molar-refractivity contribution in [1.29, 1.82) is 5.26 Å². The summed E-state index contributed by atoms with van der Waals surface area (Å²) in [5.41, 5.74) is 3.54. The smallest absolute Gasteiger partial charge is 0.266 e. The Kier molecular flexibility index (Phi) is 6.61. The lowest BCUT2D eigenvalue weighted by Crippen LogP contribution is -2.13. The fraction of sp³-hybridized carbons (Fsp3) is 0.120. The topological polar surface area (TPSA) is 62.1 Å². The van der Waals surface area contributed by atoms with Crippen molar-refractivity contribution in [2.24, 2.45) is 0 Å². The Morgan fingerprint density at radius 3 is 2.50 bits per heavy atom. The first kappa shape index (κ1) is 20.8. The van der Waals surface area contributed by atoms with E-state index in [-0.39, 0.29) is 11.4 Å². The maximum absolute atomic E-state index is 14.2. The molecule has 0 aliphatic rings. The third-order valence-corrected chi connectivity index (χ3v) is 4.66. The standard InChI is InChI=1S/C25H21FN2O2/c1-17-7-10-22(11-8-17)28-25(29)21(16-27)13-18-9-12-23(30-2)15-20(18)14-19-5-3-4-6-24(19)26/h3-13,15H,14H2,1-2H3,(H,28,29)/b21-13+. The summed E-state index contributed by atoms with van der Waals surface area (Å²) in [4.78, 5) is 12.6. The number of carbonyl (C=O) groups excluding carboxylic acids is 1. The zero-order valence-electron chi connectivity index (χ0n) is 16.8. The number of methoxy groups -OCH3 is 1. The third kappa shape index (κ3) is 5.12. The molecule has 5 heteroatoms. The Labute approximate surface area is 175 Å². The van der Waals surface area contributed by atoms with E-state index in [1.54, 1.807) is 55.6 Å². The van der Waals surface area contributed by atoms with Crippen LogP contribution in [0.25, 0.3) is 6.08 Å². The normalized spacial score (nSPS) is 10.9. The summed E-state index contributed by atoms with van der Waals surface area (Å²) < 4.78 is 19.4. The highest BCUT2D eigenvalue weighted by Crippen LogP contribution is 2.24. The van der Waals surface area contributed by atoms with Crippen molar-refractivity contribution < 1.29 is 13.9 Å². The van der Waals surface area contributed by atoms with Crippen molar-refractivity contribution in [3.63, 3.8) is 0 Å². The summed E-state index contributed by atoms with van der Waals surface area (Å²) >= 11 is 0. The van der Waals surface area contributed by atoms with E-state index >= 15 is 0 Å². The first-order valence-corrected chi connectivity index (χ1v) is 9.40. The number of benzene rings is 3. The van der Waals surface area contributed by atoms with Crippen molar-refractivity contribution in [3.8, 4) is 11.8 Å². The van der Waals surface area contributed by atoms with Crippen LogP contribution in [0, 0.1) is 24.1 Å². The van der Waals surface area contributed by atoms with Gasteiger partial charge >= 0.3 is 0 Å². The van der Waals surface area contributed by atoms with Gasteiger partial charge in [0.25, 0.3) is 5.91 Å². The van der Waals surface area contributed by atoms with Crippen LogP contribution >= 0.6 is 0 Å². The molecule has 0 heterocycles. The van der Waals surface area contributed by atoms with Crippen molar-refractivity contribution in [2.75, 3.05) is 12.4 Å². The van der Waals surface area contributed by atoms with E-state index in [0.717, 1.165) is 11.1 Å². The zero-order valence-corrected chi connectivity index (χ0v) is 16.8. The number of nitrogens with zero attached hydrogens (tertiary/aromatic N) is 1. The van der Waals surface area contributed by atoms with Crippen LogP contribution in [0.2, 0.25) is 0 Å². The maximum atomic E-state index is 14.2. The highest BCUT2D eigenvalue weighted by Gasteiger charge is 2.13. The number of rotatable bonds is 6. The van der Waals surface area contributed by atoms with Gasteiger partial charge in [0.05, 0.1) is 7.11 Å². The SMILES string of the molecule is COc1ccc(/C=C(\C#N)C(=O)Nc2ccc(C)cc2)c(Cc2ccccc2F)c1. The van der Waals surface area contributed by atoms with Crippen molar-refractivity contribution in [1.82, 2.24) is 0 Å². The van der Waals surface area contributed by atoms with Crippen LogP contribution in [-0.4, -0.2) is 13.0 Å². The van der Waals surface area contributed by atoms with E-state index < -0.39 is 5.91 Å². The van der Waals surface area contributed by atoms with Gasteiger partial charge in [0.2, 0.25) is 0 Å². The van der Waals surface area contributed by atoms with Gasteiger partial charge in [-0.05, 0) is 60.0 Å². The molecule has 3 aromatic carbocycles. The Morgan fingerprint density at radius 1 is 1.10 bits per heavy atom. The number of hydrogen-bond acceptors (Lipinski definition) is 3. The third-order valence-electron chi connectivity index (χ3n) is 4.66. The van der Waals surface area contributed by atoms with Crippen molar-refractivity contribution in [2.45, 2.75) is 13.3 Å². The summed E-state index contributed by atoms with van der Waals surface area (Å²) in [6, 6.07) is 21.1. The van der Waals surface area contributed by atoms with Gasteiger partial charge in [-0.2, -0.15) is 5.26 Å². The highest BCUT2D eigenvalue weighted by atomic mass is 19.1. The van der Waals surface area contributed by atoms with E-state index in [0.29, 0.717) is 29.0 Å². The van der Waals surface area contributed by atoms with Gasteiger partial charge in [0, 0.05) is 12.1 Å². The number of hydrogen-bond donors (Lipinski definition) is 1. The molecule has 0 bridgehead atoms. The van der Waals surface area contributed by atoms with E-state index in [9.17, 15) is 14.4 Å². The summed E-state index contributed by atoms with van der Waals surface area (Å²) in [5, 5.41) is 12.3. The number of anilines is 1. The Bertz CT molecular complexity index is 1130. The summed E-state index contributed by atoms with van der Waals surface area (Å²) in [5.74, 6) is -0.206. The van der Waals surface area contributed by atoms with E-state index in [1.165, 1.54) is 12.1 Å². The highest BCUT2D eigenvalue weighted by molar-refractivity contribution is 6.09. The molecular formula is C25H21FN2O2.